The predicted octanol–water partition coefficient (Wildman–Crippen LogP) is 3.36. The molecule has 3 rings (SSSR count). The third-order valence-electron chi connectivity index (χ3n) is 3.69. The standard InChI is InChI=1S/C17H19NO2/c1-19-11-12-5-4-6-13(9-12)17-10-15(18)14-7-2-3-8-16(14)20-17/h2-9,15,17H,10-11,18H2,1H3/t15-,17?/m1/s1. The van der Waals surface area contributed by atoms with Crippen molar-refractivity contribution in [3.8, 4) is 5.75 Å². The third-order valence-corrected chi connectivity index (χ3v) is 3.69. The summed E-state index contributed by atoms with van der Waals surface area (Å²) in [5.41, 5.74) is 9.67. The molecule has 1 aliphatic heterocycles. The molecule has 0 amide bonds. The Kier molecular flexibility index (Phi) is 3.72. The molecule has 0 spiro atoms. The second-order valence-corrected chi connectivity index (χ2v) is 5.16. The minimum atomic E-state index is 0.0108. The summed E-state index contributed by atoms with van der Waals surface area (Å²) in [6.07, 6.45) is 0.810. The van der Waals surface area contributed by atoms with Gasteiger partial charge >= 0.3 is 0 Å². The number of rotatable bonds is 3. The first-order valence-corrected chi connectivity index (χ1v) is 6.87. The summed E-state index contributed by atoms with van der Waals surface area (Å²) in [5, 5.41) is 0. The van der Waals surface area contributed by atoms with Gasteiger partial charge in [0.2, 0.25) is 0 Å². The zero-order chi connectivity index (χ0) is 13.9. The van der Waals surface area contributed by atoms with E-state index in [0.717, 1.165) is 28.9 Å². The highest BCUT2D eigenvalue weighted by molar-refractivity contribution is 5.39. The Morgan fingerprint density at radius 3 is 2.90 bits per heavy atom. The minimum Gasteiger partial charge on any atom is -0.485 e. The summed E-state index contributed by atoms with van der Waals surface area (Å²) in [6, 6.07) is 16.4. The van der Waals surface area contributed by atoms with Gasteiger partial charge in [-0.2, -0.15) is 0 Å². The zero-order valence-electron chi connectivity index (χ0n) is 11.6. The van der Waals surface area contributed by atoms with E-state index in [1.54, 1.807) is 7.11 Å². The third kappa shape index (κ3) is 2.55. The Morgan fingerprint density at radius 2 is 2.05 bits per heavy atom. The van der Waals surface area contributed by atoms with Crippen LogP contribution in [0.3, 0.4) is 0 Å². The van der Waals surface area contributed by atoms with E-state index in [4.69, 9.17) is 15.2 Å². The minimum absolute atomic E-state index is 0.0108. The van der Waals surface area contributed by atoms with Gasteiger partial charge in [-0.1, -0.05) is 36.4 Å². The number of benzene rings is 2. The maximum absolute atomic E-state index is 6.27. The highest BCUT2D eigenvalue weighted by Crippen LogP contribution is 2.39. The molecule has 2 atom stereocenters. The van der Waals surface area contributed by atoms with Crippen LogP contribution >= 0.6 is 0 Å². The van der Waals surface area contributed by atoms with Crippen LogP contribution in [0.4, 0.5) is 0 Å². The normalized spacial score (nSPS) is 21.1. The fraction of sp³-hybridized carbons (Fsp3) is 0.294. The molecule has 3 nitrogen and oxygen atoms in total. The second-order valence-electron chi connectivity index (χ2n) is 5.16. The Bertz CT molecular complexity index is 597. The lowest BCUT2D eigenvalue weighted by Crippen LogP contribution is -2.24. The predicted molar refractivity (Wildman–Crippen MR) is 78.5 cm³/mol. The summed E-state index contributed by atoms with van der Waals surface area (Å²) in [6.45, 7) is 0.614. The molecule has 2 aromatic carbocycles. The molecule has 1 unspecified atom stereocenters. The maximum Gasteiger partial charge on any atom is 0.126 e. The molecule has 1 aliphatic rings. The molecule has 2 aromatic rings. The summed E-state index contributed by atoms with van der Waals surface area (Å²) in [4.78, 5) is 0. The van der Waals surface area contributed by atoms with Crippen molar-refractivity contribution in [1.29, 1.82) is 0 Å². The van der Waals surface area contributed by atoms with Crippen molar-refractivity contribution in [3.05, 3.63) is 65.2 Å². The van der Waals surface area contributed by atoms with Crippen LogP contribution in [0.2, 0.25) is 0 Å². The summed E-state index contributed by atoms with van der Waals surface area (Å²) < 4.78 is 11.3. The van der Waals surface area contributed by atoms with E-state index in [1.165, 1.54) is 0 Å². The van der Waals surface area contributed by atoms with Gasteiger partial charge in [-0.05, 0) is 23.3 Å². The Labute approximate surface area is 119 Å². The Hall–Kier alpha value is -1.84. The molecule has 0 saturated heterocycles. The molecule has 0 fully saturated rings. The van der Waals surface area contributed by atoms with Gasteiger partial charge in [0.15, 0.2) is 0 Å². The lowest BCUT2D eigenvalue weighted by Gasteiger charge is -2.30. The van der Waals surface area contributed by atoms with Crippen molar-refractivity contribution in [2.45, 2.75) is 25.2 Å². The average molecular weight is 269 g/mol. The van der Waals surface area contributed by atoms with E-state index in [-0.39, 0.29) is 12.1 Å². The molecule has 0 aliphatic carbocycles. The van der Waals surface area contributed by atoms with Gasteiger partial charge in [0.05, 0.1) is 6.61 Å². The molecule has 20 heavy (non-hydrogen) atoms. The number of nitrogens with two attached hydrogens (primary N) is 1. The van der Waals surface area contributed by atoms with Crippen molar-refractivity contribution >= 4 is 0 Å². The first-order valence-electron chi connectivity index (χ1n) is 6.87. The zero-order valence-corrected chi connectivity index (χ0v) is 11.6. The van der Waals surface area contributed by atoms with Gasteiger partial charge in [0.1, 0.15) is 11.9 Å². The quantitative estimate of drug-likeness (QED) is 0.929. The molecule has 0 aromatic heterocycles. The smallest absolute Gasteiger partial charge is 0.126 e. The summed E-state index contributed by atoms with van der Waals surface area (Å²) in [5.74, 6) is 0.897. The van der Waals surface area contributed by atoms with Crippen LogP contribution in [0, 0.1) is 0 Å². The van der Waals surface area contributed by atoms with Crippen LogP contribution in [-0.2, 0) is 11.3 Å². The molecule has 1 heterocycles. The molecule has 2 N–H and O–H groups in total. The van der Waals surface area contributed by atoms with Gasteiger partial charge in [0.25, 0.3) is 0 Å². The van der Waals surface area contributed by atoms with Crippen LogP contribution in [0.5, 0.6) is 5.75 Å². The van der Waals surface area contributed by atoms with Gasteiger partial charge in [-0.15, -0.1) is 0 Å². The van der Waals surface area contributed by atoms with E-state index >= 15 is 0 Å². The molecule has 0 radical (unpaired) electrons. The fourth-order valence-corrected chi connectivity index (χ4v) is 2.71. The molecular weight excluding hydrogens is 250 g/mol. The van der Waals surface area contributed by atoms with Crippen LogP contribution in [-0.4, -0.2) is 7.11 Å². The highest BCUT2D eigenvalue weighted by Gasteiger charge is 2.26. The SMILES string of the molecule is COCc1cccc(C2C[C@@H](N)c3ccccc3O2)c1. The first kappa shape index (κ1) is 13.2. The van der Waals surface area contributed by atoms with Crippen molar-refractivity contribution in [1.82, 2.24) is 0 Å². The van der Waals surface area contributed by atoms with E-state index in [1.807, 2.05) is 30.3 Å². The number of ether oxygens (including phenoxy) is 2. The summed E-state index contributed by atoms with van der Waals surface area (Å²) in [7, 11) is 1.70. The van der Waals surface area contributed by atoms with Crippen LogP contribution in [0.1, 0.15) is 35.3 Å². The van der Waals surface area contributed by atoms with Crippen LogP contribution < -0.4 is 10.5 Å². The monoisotopic (exact) mass is 269 g/mol. The number of methoxy groups -OCH3 is 1. The first-order chi connectivity index (χ1) is 9.78. The largest absolute Gasteiger partial charge is 0.485 e. The fourth-order valence-electron chi connectivity index (χ4n) is 2.71. The molecular formula is C17H19NO2. The van der Waals surface area contributed by atoms with E-state index in [9.17, 15) is 0 Å². The Morgan fingerprint density at radius 1 is 1.20 bits per heavy atom. The molecule has 0 saturated carbocycles. The van der Waals surface area contributed by atoms with E-state index in [2.05, 4.69) is 18.2 Å². The number of fused-ring (bicyclic) bond motifs is 1. The van der Waals surface area contributed by atoms with Gasteiger partial charge in [-0.25, -0.2) is 0 Å². The number of hydrogen-bond donors (Lipinski definition) is 1. The van der Waals surface area contributed by atoms with Crippen LogP contribution in [0.25, 0.3) is 0 Å². The lowest BCUT2D eigenvalue weighted by atomic mass is 9.93. The highest BCUT2D eigenvalue weighted by atomic mass is 16.5. The topological polar surface area (TPSA) is 44.5 Å². The molecule has 0 bridgehead atoms. The summed E-state index contributed by atoms with van der Waals surface area (Å²) >= 11 is 0. The van der Waals surface area contributed by atoms with Gasteiger partial charge < -0.3 is 15.2 Å². The van der Waals surface area contributed by atoms with Gasteiger partial charge in [-0.3, -0.25) is 0 Å². The van der Waals surface area contributed by atoms with Crippen molar-refractivity contribution < 1.29 is 9.47 Å². The Balaban J connectivity index is 1.87. The molecule has 104 valence electrons. The molecule has 3 heteroatoms. The van der Waals surface area contributed by atoms with Crippen molar-refractivity contribution in [3.63, 3.8) is 0 Å². The van der Waals surface area contributed by atoms with Crippen molar-refractivity contribution in [2.24, 2.45) is 5.73 Å². The second kappa shape index (κ2) is 5.65. The van der Waals surface area contributed by atoms with E-state index < -0.39 is 0 Å². The number of hydrogen-bond acceptors (Lipinski definition) is 3. The lowest BCUT2D eigenvalue weighted by molar-refractivity contribution is 0.160. The number of para-hydroxylation sites is 1. The van der Waals surface area contributed by atoms with E-state index in [0.29, 0.717) is 6.61 Å². The van der Waals surface area contributed by atoms with Crippen LogP contribution in [0.15, 0.2) is 48.5 Å². The van der Waals surface area contributed by atoms with Crippen molar-refractivity contribution in [2.75, 3.05) is 7.11 Å². The maximum atomic E-state index is 6.27. The average Bonchev–Trinajstić information content (AvgIpc) is 2.48. The van der Waals surface area contributed by atoms with Gasteiger partial charge in [0, 0.05) is 25.1 Å².